The van der Waals surface area contributed by atoms with Crippen molar-refractivity contribution in [3.05, 3.63) is 29.3 Å². The summed E-state index contributed by atoms with van der Waals surface area (Å²) in [6.07, 6.45) is 1.60. The Morgan fingerprint density at radius 3 is 2.30 bits per heavy atom. The van der Waals surface area contributed by atoms with Gasteiger partial charge in [0.1, 0.15) is 11.0 Å². The molecule has 0 saturated carbocycles. The number of aromatic carboxylic acids is 1. The van der Waals surface area contributed by atoms with Gasteiger partial charge in [-0.05, 0) is 31.0 Å². The van der Waals surface area contributed by atoms with Gasteiger partial charge in [0, 0.05) is 0 Å². The van der Waals surface area contributed by atoms with Gasteiger partial charge in [0.05, 0.1) is 11.1 Å². The van der Waals surface area contributed by atoms with E-state index in [0.29, 0.717) is 12.8 Å². The number of ether oxygens (including phenoxy) is 1. The summed E-state index contributed by atoms with van der Waals surface area (Å²) in [5, 5.41) is 8.87. The molecule has 0 amide bonds. The molecule has 0 bridgehead atoms. The van der Waals surface area contributed by atoms with Crippen LogP contribution in [-0.2, 0) is 14.9 Å². The van der Waals surface area contributed by atoms with Crippen molar-refractivity contribution >= 4 is 51.6 Å². The van der Waals surface area contributed by atoms with E-state index in [9.17, 15) is 22.6 Å². The van der Waals surface area contributed by atoms with Crippen LogP contribution in [0.2, 0.25) is 0 Å². The summed E-state index contributed by atoms with van der Waals surface area (Å²) in [6.45, 7) is 3.74. The zero-order valence-corrected chi connectivity index (χ0v) is 13.1. The predicted octanol–water partition coefficient (Wildman–Crippen LogP) is 1.72. The number of esters is 1. The first-order chi connectivity index (χ1) is 10.2. The van der Waals surface area contributed by atoms with Crippen LogP contribution >= 0.6 is 0 Å². The van der Waals surface area contributed by atoms with E-state index in [1.807, 2.05) is 13.8 Å². The molecule has 0 heterocycles. The summed E-state index contributed by atoms with van der Waals surface area (Å²) in [5.41, 5.74) is -0.744. The Labute approximate surface area is 157 Å². The molecule has 1 atom stereocenters. The molecule has 1 aromatic rings. The molecule has 0 aliphatic rings. The molecule has 9 heteroatoms. The second-order valence-corrected chi connectivity index (χ2v) is 6.11. The average Bonchev–Trinajstić information content (AvgIpc) is 2.44. The zero-order valence-electron chi connectivity index (χ0n) is 12.3. The Balaban J connectivity index is 0.00000484. The van der Waals surface area contributed by atoms with Gasteiger partial charge in [-0.1, -0.05) is 20.3 Å². The molecule has 1 rings (SSSR count). The van der Waals surface area contributed by atoms with Crippen LogP contribution in [0.4, 0.5) is 0 Å². The van der Waals surface area contributed by atoms with E-state index in [2.05, 4.69) is 0 Å². The molecule has 124 valence electrons. The van der Waals surface area contributed by atoms with Crippen LogP contribution in [0.1, 0.15) is 53.8 Å². The summed E-state index contributed by atoms with van der Waals surface area (Å²) in [4.78, 5) is 22.2. The number of hydrogen-bond acceptors (Lipinski definition) is 5. The first kappa shape index (κ1) is 22.1. The second-order valence-electron chi connectivity index (χ2n) is 4.72. The van der Waals surface area contributed by atoms with Crippen molar-refractivity contribution in [1.29, 1.82) is 0 Å². The van der Waals surface area contributed by atoms with E-state index < -0.39 is 27.0 Å². The van der Waals surface area contributed by atoms with Gasteiger partial charge in [0.25, 0.3) is 10.1 Å². The number of rotatable bonds is 7. The summed E-state index contributed by atoms with van der Waals surface area (Å²) in [6, 6.07) is 2.83. The van der Waals surface area contributed by atoms with Crippen LogP contribution in [0.15, 0.2) is 23.1 Å². The Kier molecular flexibility index (Phi) is 9.01. The molecule has 1 aromatic carbocycles. The Hall–Kier alpha value is -0.930. The minimum absolute atomic E-state index is 0. The summed E-state index contributed by atoms with van der Waals surface area (Å²) in [5.74, 6) is -2.29. The van der Waals surface area contributed by atoms with E-state index in [4.69, 9.17) is 9.84 Å². The number of carbonyl (C=O) groups excluding carboxylic acids is 1. The van der Waals surface area contributed by atoms with E-state index in [0.717, 1.165) is 24.6 Å². The quantitative estimate of drug-likeness (QED) is 0.435. The molecule has 0 aliphatic heterocycles. The third-order valence-electron chi connectivity index (χ3n) is 3.07. The molecule has 23 heavy (non-hydrogen) atoms. The second kappa shape index (κ2) is 9.39. The van der Waals surface area contributed by atoms with Crippen molar-refractivity contribution in [2.45, 2.75) is 44.1 Å². The van der Waals surface area contributed by atoms with Gasteiger partial charge >= 0.3 is 41.5 Å². The molecule has 0 saturated heterocycles. The summed E-state index contributed by atoms with van der Waals surface area (Å²) >= 11 is 0. The van der Waals surface area contributed by atoms with Crippen LogP contribution in [0, 0.1) is 0 Å². The minimum atomic E-state index is -4.75. The van der Waals surface area contributed by atoms with Crippen molar-refractivity contribution in [1.82, 2.24) is 0 Å². The number of benzene rings is 1. The van der Waals surface area contributed by atoms with Gasteiger partial charge in [-0.2, -0.15) is 8.42 Å². The average molecular weight is 354 g/mol. The molecule has 0 aliphatic carbocycles. The van der Waals surface area contributed by atoms with Crippen molar-refractivity contribution in [3.63, 3.8) is 0 Å². The summed E-state index contributed by atoms with van der Waals surface area (Å²) < 4.78 is 37.1. The summed E-state index contributed by atoms with van der Waals surface area (Å²) in [7, 11) is -4.75. The molecular formula is C14H19NaO7S. The van der Waals surface area contributed by atoms with Crippen molar-refractivity contribution in [3.8, 4) is 0 Å². The fourth-order valence-electron chi connectivity index (χ4n) is 1.92. The monoisotopic (exact) mass is 354 g/mol. The van der Waals surface area contributed by atoms with Gasteiger partial charge in [-0.3, -0.25) is 4.55 Å². The van der Waals surface area contributed by atoms with Crippen LogP contribution in [0.3, 0.4) is 0 Å². The number of carboxylic acids is 1. The van der Waals surface area contributed by atoms with Gasteiger partial charge in [0.15, 0.2) is 0 Å². The zero-order chi connectivity index (χ0) is 16.9. The number of carboxylic acid groups (broad SMARTS) is 1. The van der Waals surface area contributed by atoms with E-state index in [1.54, 1.807) is 0 Å². The van der Waals surface area contributed by atoms with Crippen LogP contribution in [0.25, 0.3) is 0 Å². The van der Waals surface area contributed by atoms with E-state index in [-0.39, 0.29) is 46.8 Å². The van der Waals surface area contributed by atoms with Gasteiger partial charge in [-0.25, -0.2) is 9.59 Å². The molecule has 7 nitrogen and oxygen atoms in total. The van der Waals surface area contributed by atoms with Crippen LogP contribution in [-0.4, -0.2) is 65.7 Å². The SMILES string of the molecule is CCCC(CC)OC(=O)c1ccc(C(=O)O)cc1S(=O)(=O)O.[NaH]. The maximum absolute atomic E-state index is 12.1. The first-order valence-corrected chi connectivity index (χ1v) is 8.20. The fraction of sp³-hybridized carbons (Fsp3) is 0.429. The Bertz CT molecular complexity index is 670. The van der Waals surface area contributed by atoms with Crippen molar-refractivity contribution in [2.75, 3.05) is 0 Å². The molecule has 0 spiro atoms. The number of hydrogen-bond donors (Lipinski definition) is 2. The maximum atomic E-state index is 12.1. The molecule has 1 unspecified atom stereocenters. The molecule has 2 N–H and O–H groups in total. The van der Waals surface area contributed by atoms with Crippen LogP contribution < -0.4 is 0 Å². The van der Waals surface area contributed by atoms with E-state index >= 15 is 0 Å². The molecule has 0 aromatic heterocycles. The first-order valence-electron chi connectivity index (χ1n) is 6.76. The molecular weight excluding hydrogens is 335 g/mol. The normalized spacial score (nSPS) is 12.1. The topological polar surface area (TPSA) is 118 Å². The Morgan fingerprint density at radius 2 is 1.87 bits per heavy atom. The predicted molar refractivity (Wildman–Crippen MR) is 84.8 cm³/mol. The number of carbonyl (C=O) groups is 2. The van der Waals surface area contributed by atoms with Crippen molar-refractivity contribution < 1.29 is 32.4 Å². The molecule has 0 radical (unpaired) electrons. The third-order valence-corrected chi connectivity index (χ3v) is 3.96. The molecule has 0 fully saturated rings. The Morgan fingerprint density at radius 1 is 1.26 bits per heavy atom. The van der Waals surface area contributed by atoms with Gasteiger partial charge in [0.2, 0.25) is 0 Å². The third kappa shape index (κ3) is 6.23. The van der Waals surface area contributed by atoms with Gasteiger partial charge < -0.3 is 9.84 Å². The van der Waals surface area contributed by atoms with E-state index in [1.165, 1.54) is 0 Å². The standard InChI is InChI=1S/C14H18O7S.Na.H/c1-3-5-10(4-2)21-14(17)11-7-6-9(13(15)16)8-12(11)22(18,19)20;;/h6-8,10H,3-5H2,1-2H3,(H,15,16)(H,18,19,20);;. The van der Waals surface area contributed by atoms with Crippen molar-refractivity contribution in [2.24, 2.45) is 0 Å². The van der Waals surface area contributed by atoms with Crippen LogP contribution in [0.5, 0.6) is 0 Å². The van der Waals surface area contributed by atoms with Gasteiger partial charge in [-0.15, -0.1) is 0 Å². The fourth-order valence-corrected chi connectivity index (χ4v) is 2.63.